The minimum atomic E-state index is -0.0936. The van der Waals surface area contributed by atoms with Gasteiger partial charge in [-0.05, 0) is 23.9 Å². The van der Waals surface area contributed by atoms with E-state index in [-0.39, 0.29) is 6.04 Å². The van der Waals surface area contributed by atoms with Crippen molar-refractivity contribution in [3.63, 3.8) is 0 Å². The molecule has 0 amide bonds. The standard InChI is InChI=1S/C16H16N2S/c1-2-12-7-8-15(19-12)16(17)14-10-18-9-11-5-3-4-6-13(11)14/h3-10,16H,2,17H2,1H3. The molecule has 1 aromatic carbocycles. The van der Waals surface area contributed by atoms with Gasteiger partial charge in [0.2, 0.25) is 0 Å². The Balaban J connectivity index is 2.08. The molecule has 3 heteroatoms. The fourth-order valence-corrected chi connectivity index (χ4v) is 3.27. The summed E-state index contributed by atoms with van der Waals surface area (Å²) in [5.41, 5.74) is 7.52. The zero-order chi connectivity index (χ0) is 13.2. The molecule has 0 fully saturated rings. The molecule has 2 heterocycles. The maximum absolute atomic E-state index is 6.42. The van der Waals surface area contributed by atoms with Gasteiger partial charge in [-0.15, -0.1) is 11.3 Å². The monoisotopic (exact) mass is 268 g/mol. The van der Waals surface area contributed by atoms with E-state index in [9.17, 15) is 0 Å². The van der Waals surface area contributed by atoms with E-state index < -0.39 is 0 Å². The number of nitrogens with zero attached hydrogens (tertiary/aromatic N) is 1. The van der Waals surface area contributed by atoms with Crippen LogP contribution in [0.15, 0.2) is 48.8 Å². The van der Waals surface area contributed by atoms with Gasteiger partial charge in [0.1, 0.15) is 0 Å². The lowest BCUT2D eigenvalue weighted by molar-refractivity contribution is 0.895. The molecule has 1 unspecified atom stereocenters. The number of hydrogen-bond acceptors (Lipinski definition) is 3. The highest BCUT2D eigenvalue weighted by molar-refractivity contribution is 7.12. The summed E-state index contributed by atoms with van der Waals surface area (Å²) in [5, 5.41) is 2.33. The van der Waals surface area contributed by atoms with E-state index in [0.29, 0.717) is 0 Å². The first-order chi connectivity index (χ1) is 9.29. The van der Waals surface area contributed by atoms with Crippen LogP contribution in [-0.4, -0.2) is 4.98 Å². The predicted octanol–water partition coefficient (Wildman–Crippen LogP) is 3.91. The topological polar surface area (TPSA) is 38.9 Å². The summed E-state index contributed by atoms with van der Waals surface area (Å²) in [5.74, 6) is 0. The largest absolute Gasteiger partial charge is 0.320 e. The van der Waals surface area contributed by atoms with Gasteiger partial charge in [-0.3, -0.25) is 4.98 Å². The van der Waals surface area contributed by atoms with Crippen molar-refractivity contribution in [3.05, 3.63) is 64.1 Å². The number of rotatable bonds is 3. The quantitative estimate of drug-likeness (QED) is 0.782. The smallest absolute Gasteiger partial charge is 0.0667 e. The van der Waals surface area contributed by atoms with E-state index in [2.05, 4.69) is 36.2 Å². The fourth-order valence-electron chi connectivity index (χ4n) is 2.29. The van der Waals surface area contributed by atoms with Gasteiger partial charge in [0.15, 0.2) is 0 Å². The number of benzene rings is 1. The summed E-state index contributed by atoms with van der Waals surface area (Å²) < 4.78 is 0. The minimum absolute atomic E-state index is 0.0936. The van der Waals surface area contributed by atoms with Crippen LogP contribution in [0, 0.1) is 0 Å². The van der Waals surface area contributed by atoms with Gasteiger partial charge in [-0.1, -0.05) is 31.2 Å². The third-order valence-corrected chi connectivity index (χ3v) is 4.68. The number of aryl methyl sites for hydroxylation is 1. The SMILES string of the molecule is CCc1ccc(C(N)c2cncc3ccccc23)s1. The first-order valence-corrected chi connectivity index (χ1v) is 7.28. The zero-order valence-electron chi connectivity index (χ0n) is 10.8. The van der Waals surface area contributed by atoms with Crippen molar-refractivity contribution in [3.8, 4) is 0 Å². The molecular weight excluding hydrogens is 252 g/mol. The average molecular weight is 268 g/mol. The molecule has 96 valence electrons. The number of pyridine rings is 1. The average Bonchev–Trinajstić information content (AvgIpc) is 2.95. The van der Waals surface area contributed by atoms with Crippen molar-refractivity contribution in [1.29, 1.82) is 0 Å². The van der Waals surface area contributed by atoms with Crippen molar-refractivity contribution in [2.45, 2.75) is 19.4 Å². The molecule has 0 radical (unpaired) electrons. The number of aromatic nitrogens is 1. The van der Waals surface area contributed by atoms with E-state index in [1.807, 2.05) is 24.5 Å². The lowest BCUT2D eigenvalue weighted by Gasteiger charge is -2.12. The zero-order valence-corrected chi connectivity index (χ0v) is 11.7. The van der Waals surface area contributed by atoms with Crippen molar-refractivity contribution >= 4 is 22.1 Å². The highest BCUT2D eigenvalue weighted by Gasteiger charge is 2.14. The summed E-state index contributed by atoms with van der Waals surface area (Å²) >= 11 is 1.79. The number of thiophene rings is 1. The molecule has 3 aromatic rings. The molecule has 0 aliphatic rings. The van der Waals surface area contributed by atoms with Crippen molar-refractivity contribution in [2.75, 3.05) is 0 Å². The first kappa shape index (κ1) is 12.3. The van der Waals surface area contributed by atoms with Crippen molar-refractivity contribution < 1.29 is 0 Å². The van der Waals surface area contributed by atoms with Crippen LogP contribution in [0.2, 0.25) is 0 Å². The predicted molar refractivity (Wildman–Crippen MR) is 81.5 cm³/mol. The fraction of sp³-hybridized carbons (Fsp3) is 0.188. The van der Waals surface area contributed by atoms with Gasteiger partial charge in [0, 0.05) is 33.1 Å². The Morgan fingerprint density at radius 3 is 2.79 bits per heavy atom. The van der Waals surface area contributed by atoms with Crippen LogP contribution in [-0.2, 0) is 6.42 Å². The lowest BCUT2D eigenvalue weighted by Crippen LogP contribution is -2.11. The van der Waals surface area contributed by atoms with Crippen LogP contribution in [0.1, 0.15) is 28.3 Å². The summed E-state index contributed by atoms with van der Waals surface area (Å²) in [6, 6.07) is 12.5. The highest BCUT2D eigenvalue weighted by Crippen LogP contribution is 2.30. The summed E-state index contributed by atoms with van der Waals surface area (Å²) in [6.45, 7) is 2.17. The van der Waals surface area contributed by atoms with Gasteiger partial charge in [-0.25, -0.2) is 0 Å². The lowest BCUT2D eigenvalue weighted by atomic mass is 10.0. The number of hydrogen-bond donors (Lipinski definition) is 1. The van der Waals surface area contributed by atoms with E-state index >= 15 is 0 Å². The Hall–Kier alpha value is -1.71. The number of nitrogens with two attached hydrogens (primary N) is 1. The molecule has 0 saturated carbocycles. The third-order valence-electron chi connectivity index (χ3n) is 3.37. The maximum atomic E-state index is 6.42. The number of fused-ring (bicyclic) bond motifs is 1. The van der Waals surface area contributed by atoms with Crippen LogP contribution >= 0.6 is 11.3 Å². The van der Waals surface area contributed by atoms with Crippen molar-refractivity contribution in [1.82, 2.24) is 4.98 Å². The highest BCUT2D eigenvalue weighted by atomic mass is 32.1. The molecule has 2 nitrogen and oxygen atoms in total. The van der Waals surface area contributed by atoms with Crippen LogP contribution in [0.5, 0.6) is 0 Å². The molecule has 3 rings (SSSR count). The van der Waals surface area contributed by atoms with Crippen LogP contribution < -0.4 is 5.73 Å². The molecule has 0 spiro atoms. The minimum Gasteiger partial charge on any atom is -0.320 e. The molecule has 0 aliphatic heterocycles. The summed E-state index contributed by atoms with van der Waals surface area (Å²) in [7, 11) is 0. The second-order valence-corrected chi connectivity index (χ2v) is 5.79. The third kappa shape index (κ3) is 2.27. The molecular formula is C16H16N2S. The molecule has 19 heavy (non-hydrogen) atoms. The molecule has 2 aromatic heterocycles. The normalized spacial score (nSPS) is 12.7. The Bertz CT molecular complexity index is 697. The van der Waals surface area contributed by atoms with E-state index in [1.165, 1.54) is 15.1 Å². The summed E-state index contributed by atoms with van der Waals surface area (Å²) in [4.78, 5) is 6.89. The Morgan fingerprint density at radius 2 is 2.00 bits per heavy atom. The Morgan fingerprint density at radius 1 is 1.16 bits per heavy atom. The van der Waals surface area contributed by atoms with Crippen LogP contribution in [0.3, 0.4) is 0 Å². The second kappa shape index (κ2) is 5.11. The maximum Gasteiger partial charge on any atom is 0.0667 e. The molecule has 1 atom stereocenters. The van der Waals surface area contributed by atoms with Crippen LogP contribution in [0.4, 0.5) is 0 Å². The van der Waals surface area contributed by atoms with Gasteiger partial charge < -0.3 is 5.73 Å². The molecule has 0 aliphatic carbocycles. The van der Waals surface area contributed by atoms with E-state index in [1.54, 1.807) is 11.3 Å². The summed E-state index contributed by atoms with van der Waals surface area (Å²) in [6.07, 6.45) is 4.83. The molecule has 2 N–H and O–H groups in total. The van der Waals surface area contributed by atoms with Crippen LogP contribution in [0.25, 0.3) is 10.8 Å². The van der Waals surface area contributed by atoms with Gasteiger partial charge >= 0.3 is 0 Å². The molecule has 0 bridgehead atoms. The Kier molecular flexibility index (Phi) is 3.32. The van der Waals surface area contributed by atoms with E-state index in [0.717, 1.165) is 17.4 Å². The van der Waals surface area contributed by atoms with Gasteiger partial charge in [0.05, 0.1) is 6.04 Å². The second-order valence-electron chi connectivity index (χ2n) is 4.59. The van der Waals surface area contributed by atoms with Gasteiger partial charge in [-0.2, -0.15) is 0 Å². The Labute approximate surface area is 116 Å². The first-order valence-electron chi connectivity index (χ1n) is 6.46. The molecule has 0 saturated heterocycles. The van der Waals surface area contributed by atoms with E-state index in [4.69, 9.17) is 5.73 Å². The van der Waals surface area contributed by atoms with Crippen molar-refractivity contribution in [2.24, 2.45) is 5.73 Å². The van der Waals surface area contributed by atoms with Gasteiger partial charge in [0.25, 0.3) is 0 Å².